The van der Waals surface area contributed by atoms with Crippen LogP contribution in [0.4, 0.5) is 0 Å². The maximum Gasteiger partial charge on any atom is 0.251 e. The average Bonchev–Trinajstić information content (AvgIpc) is 3.09. The number of nitrogens with one attached hydrogen (secondary N) is 2. The zero-order valence-electron chi connectivity index (χ0n) is 14.7. The highest BCUT2D eigenvalue weighted by Gasteiger charge is 2.17. The van der Waals surface area contributed by atoms with Gasteiger partial charge >= 0.3 is 0 Å². The summed E-state index contributed by atoms with van der Waals surface area (Å²) in [5, 5.41) is 3.08. The highest BCUT2D eigenvalue weighted by molar-refractivity contribution is 5.94. The van der Waals surface area contributed by atoms with Crippen molar-refractivity contribution in [3.63, 3.8) is 0 Å². The van der Waals surface area contributed by atoms with E-state index >= 15 is 0 Å². The molecule has 1 aliphatic heterocycles. The monoisotopic (exact) mass is 323 g/mol. The summed E-state index contributed by atoms with van der Waals surface area (Å²) in [6.45, 7) is 8.30. The molecule has 2 aromatic rings. The Labute approximate surface area is 144 Å². The van der Waals surface area contributed by atoms with Crippen molar-refractivity contribution in [2.24, 2.45) is 0 Å². The van der Waals surface area contributed by atoms with Crippen LogP contribution in [0.2, 0.25) is 0 Å². The van der Waals surface area contributed by atoms with Crippen molar-refractivity contribution in [2.75, 3.05) is 13.1 Å². The van der Waals surface area contributed by atoms with Crippen molar-refractivity contribution in [3.8, 4) is 0 Å². The van der Waals surface area contributed by atoms with E-state index in [2.05, 4.69) is 36.5 Å². The maximum absolute atomic E-state index is 12.4. The van der Waals surface area contributed by atoms with Gasteiger partial charge in [0, 0.05) is 30.5 Å². The van der Waals surface area contributed by atoms with E-state index in [0.717, 1.165) is 17.7 Å². The van der Waals surface area contributed by atoms with Gasteiger partial charge in [-0.15, -0.1) is 0 Å². The van der Waals surface area contributed by atoms with Gasteiger partial charge in [0.05, 0.1) is 13.1 Å². The van der Waals surface area contributed by atoms with Crippen molar-refractivity contribution in [1.29, 1.82) is 0 Å². The number of hydrogen-bond acceptors (Lipinski definition) is 1. The minimum absolute atomic E-state index is 0.00132. The smallest absolute Gasteiger partial charge is 0.251 e. The number of benzene rings is 2. The molecule has 3 rings (SSSR count). The van der Waals surface area contributed by atoms with E-state index in [9.17, 15) is 4.79 Å². The summed E-state index contributed by atoms with van der Waals surface area (Å²) >= 11 is 0. The number of aryl methyl sites for hydroxylation is 2. The Balaban J connectivity index is 1.65. The van der Waals surface area contributed by atoms with E-state index in [1.165, 1.54) is 42.6 Å². The molecule has 0 spiro atoms. The van der Waals surface area contributed by atoms with Gasteiger partial charge in [-0.05, 0) is 42.7 Å². The van der Waals surface area contributed by atoms with Crippen molar-refractivity contribution in [2.45, 2.75) is 39.8 Å². The van der Waals surface area contributed by atoms with Gasteiger partial charge in [0.2, 0.25) is 0 Å². The lowest BCUT2D eigenvalue weighted by Gasteiger charge is -2.15. The van der Waals surface area contributed by atoms with Crippen LogP contribution < -0.4 is 10.2 Å². The third-order valence-corrected chi connectivity index (χ3v) is 5.08. The van der Waals surface area contributed by atoms with Crippen molar-refractivity contribution in [3.05, 3.63) is 70.3 Å². The van der Waals surface area contributed by atoms with E-state index in [1.807, 2.05) is 25.1 Å². The lowest BCUT2D eigenvalue weighted by molar-refractivity contribution is -0.901. The summed E-state index contributed by atoms with van der Waals surface area (Å²) in [6, 6.07) is 14.4. The van der Waals surface area contributed by atoms with Gasteiger partial charge < -0.3 is 10.2 Å². The van der Waals surface area contributed by atoms with E-state index < -0.39 is 0 Å². The van der Waals surface area contributed by atoms with Crippen LogP contribution in [0.1, 0.15) is 45.5 Å². The summed E-state index contributed by atoms with van der Waals surface area (Å²) < 4.78 is 0. The van der Waals surface area contributed by atoms with Crippen molar-refractivity contribution >= 4 is 5.91 Å². The van der Waals surface area contributed by atoms with E-state index in [-0.39, 0.29) is 5.91 Å². The van der Waals surface area contributed by atoms with Gasteiger partial charge in [-0.1, -0.05) is 30.3 Å². The Morgan fingerprint density at radius 1 is 1.00 bits per heavy atom. The summed E-state index contributed by atoms with van der Waals surface area (Å²) in [5.41, 5.74) is 5.69. The largest absolute Gasteiger partial charge is 0.348 e. The molecule has 24 heavy (non-hydrogen) atoms. The van der Waals surface area contributed by atoms with Crippen LogP contribution in [-0.4, -0.2) is 19.0 Å². The Kier molecular flexibility index (Phi) is 5.31. The molecule has 0 bridgehead atoms. The second-order valence-electron chi connectivity index (χ2n) is 6.88. The first-order chi connectivity index (χ1) is 11.6. The fourth-order valence-corrected chi connectivity index (χ4v) is 3.38. The zero-order chi connectivity index (χ0) is 16.9. The standard InChI is InChI=1S/C21H26N2O/c1-16-9-10-18(13-17(16)2)21(24)22-14-19-7-3-4-8-20(19)15-23-11-5-6-12-23/h3-4,7-10,13H,5-6,11-12,14-15H2,1-2H3,(H,22,24)/p+1. The Bertz CT molecular complexity index is 718. The number of carbonyl (C=O) groups is 1. The first-order valence-electron chi connectivity index (χ1n) is 8.89. The summed E-state index contributed by atoms with van der Waals surface area (Å²) in [6.07, 6.45) is 2.67. The molecule has 1 fully saturated rings. The Morgan fingerprint density at radius 3 is 2.42 bits per heavy atom. The van der Waals surface area contributed by atoms with Gasteiger partial charge in [-0.2, -0.15) is 0 Å². The van der Waals surface area contributed by atoms with Gasteiger partial charge in [-0.3, -0.25) is 4.79 Å². The number of hydrogen-bond donors (Lipinski definition) is 2. The molecule has 1 saturated heterocycles. The molecule has 2 aromatic carbocycles. The van der Waals surface area contributed by atoms with Crippen LogP contribution in [0.3, 0.4) is 0 Å². The Morgan fingerprint density at radius 2 is 1.71 bits per heavy atom. The molecule has 0 saturated carbocycles. The second-order valence-corrected chi connectivity index (χ2v) is 6.88. The first kappa shape index (κ1) is 16.7. The molecule has 0 unspecified atom stereocenters. The van der Waals surface area contributed by atoms with Crippen molar-refractivity contribution in [1.82, 2.24) is 5.32 Å². The molecule has 0 aliphatic carbocycles. The minimum atomic E-state index is 0.00132. The number of likely N-dealkylation sites (tertiary alicyclic amines) is 1. The predicted molar refractivity (Wildman–Crippen MR) is 97.2 cm³/mol. The minimum Gasteiger partial charge on any atom is -0.348 e. The van der Waals surface area contributed by atoms with E-state index in [1.54, 1.807) is 4.90 Å². The second kappa shape index (κ2) is 7.63. The molecular formula is C21H27N2O+. The van der Waals surface area contributed by atoms with E-state index in [0.29, 0.717) is 6.54 Å². The van der Waals surface area contributed by atoms with E-state index in [4.69, 9.17) is 0 Å². The molecule has 0 atom stereocenters. The maximum atomic E-state index is 12.4. The van der Waals surface area contributed by atoms with Crippen LogP contribution >= 0.6 is 0 Å². The Hall–Kier alpha value is -2.13. The predicted octanol–water partition coefficient (Wildman–Crippen LogP) is 2.41. The summed E-state index contributed by atoms with van der Waals surface area (Å²) in [5.74, 6) is 0.00132. The van der Waals surface area contributed by atoms with Crippen LogP contribution in [-0.2, 0) is 13.1 Å². The molecule has 0 radical (unpaired) electrons. The number of rotatable bonds is 5. The van der Waals surface area contributed by atoms with Gasteiger partial charge in [0.15, 0.2) is 0 Å². The molecule has 3 nitrogen and oxygen atoms in total. The van der Waals surface area contributed by atoms with Crippen LogP contribution in [0, 0.1) is 13.8 Å². The SMILES string of the molecule is Cc1ccc(C(=O)NCc2ccccc2C[NH+]2CCCC2)cc1C. The van der Waals surface area contributed by atoms with Gasteiger partial charge in [0.1, 0.15) is 6.54 Å². The zero-order valence-corrected chi connectivity index (χ0v) is 14.7. The lowest BCUT2D eigenvalue weighted by atomic mass is 10.0. The first-order valence-corrected chi connectivity index (χ1v) is 8.89. The summed E-state index contributed by atoms with van der Waals surface area (Å²) in [4.78, 5) is 14.1. The highest BCUT2D eigenvalue weighted by Crippen LogP contribution is 2.11. The van der Waals surface area contributed by atoms with Gasteiger partial charge in [-0.25, -0.2) is 0 Å². The molecule has 0 aromatic heterocycles. The normalized spacial score (nSPS) is 14.8. The quantitative estimate of drug-likeness (QED) is 0.870. The lowest BCUT2D eigenvalue weighted by Crippen LogP contribution is -3.08. The molecule has 126 valence electrons. The number of carbonyl (C=O) groups excluding carboxylic acids is 1. The molecule has 1 aliphatic rings. The van der Waals surface area contributed by atoms with Crippen LogP contribution in [0.5, 0.6) is 0 Å². The topological polar surface area (TPSA) is 33.5 Å². The van der Waals surface area contributed by atoms with Gasteiger partial charge in [0.25, 0.3) is 5.91 Å². The average molecular weight is 323 g/mol. The molecule has 1 amide bonds. The molecule has 1 heterocycles. The van der Waals surface area contributed by atoms with Crippen molar-refractivity contribution < 1.29 is 9.69 Å². The molecular weight excluding hydrogens is 296 g/mol. The fraction of sp³-hybridized carbons (Fsp3) is 0.381. The van der Waals surface area contributed by atoms with Crippen LogP contribution in [0.15, 0.2) is 42.5 Å². The third kappa shape index (κ3) is 4.04. The summed E-state index contributed by atoms with van der Waals surface area (Å²) in [7, 11) is 0. The highest BCUT2D eigenvalue weighted by atomic mass is 16.1. The number of amides is 1. The van der Waals surface area contributed by atoms with Crippen LogP contribution in [0.25, 0.3) is 0 Å². The number of quaternary nitrogens is 1. The molecule has 3 heteroatoms. The molecule has 2 N–H and O–H groups in total. The third-order valence-electron chi connectivity index (χ3n) is 5.08. The fourth-order valence-electron chi connectivity index (χ4n) is 3.38.